The van der Waals surface area contributed by atoms with Crippen molar-refractivity contribution in [3.8, 4) is 0 Å². The van der Waals surface area contributed by atoms with Crippen LogP contribution in [-0.4, -0.2) is 51.2 Å². The molecule has 0 spiro atoms. The minimum Gasteiger partial charge on any atom is -0.356 e. The Labute approximate surface area is 138 Å². The molecule has 1 aliphatic heterocycles. The van der Waals surface area contributed by atoms with Crippen LogP contribution in [0.2, 0.25) is 0 Å². The third-order valence-corrected chi connectivity index (χ3v) is 5.26. The largest absolute Gasteiger partial charge is 0.356 e. The highest BCUT2D eigenvalue weighted by molar-refractivity contribution is 5.75. The molecular formula is C17H29N5O. The molecule has 0 bridgehead atoms. The van der Waals surface area contributed by atoms with Crippen LogP contribution >= 0.6 is 0 Å². The summed E-state index contributed by atoms with van der Waals surface area (Å²) in [7, 11) is 0. The summed E-state index contributed by atoms with van der Waals surface area (Å²) >= 11 is 0. The van der Waals surface area contributed by atoms with Gasteiger partial charge in [-0.05, 0) is 38.1 Å². The van der Waals surface area contributed by atoms with Gasteiger partial charge in [0.05, 0.1) is 6.54 Å². The van der Waals surface area contributed by atoms with Gasteiger partial charge in [-0.3, -0.25) is 9.48 Å². The first-order valence-corrected chi connectivity index (χ1v) is 9.14. The van der Waals surface area contributed by atoms with Gasteiger partial charge in [-0.25, -0.2) is 4.98 Å². The first-order chi connectivity index (χ1) is 11.3. The number of carbonyl (C=O) groups is 1. The molecule has 23 heavy (non-hydrogen) atoms. The highest BCUT2D eigenvalue weighted by atomic mass is 16.1. The number of hydrogen-bond acceptors (Lipinski definition) is 4. The lowest BCUT2D eigenvalue weighted by atomic mass is 9.90. The third-order valence-electron chi connectivity index (χ3n) is 5.26. The van der Waals surface area contributed by atoms with Crippen LogP contribution in [0.4, 0.5) is 0 Å². The van der Waals surface area contributed by atoms with Crippen LogP contribution in [0.3, 0.4) is 0 Å². The number of aromatic nitrogens is 3. The number of nitrogens with one attached hydrogen (secondary N) is 1. The summed E-state index contributed by atoms with van der Waals surface area (Å²) in [4.78, 5) is 18.6. The molecule has 6 nitrogen and oxygen atoms in total. The Balaban J connectivity index is 1.36. The summed E-state index contributed by atoms with van der Waals surface area (Å²) in [6, 6.07) is 0.801. The Kier molecular flexibility index (Phi) is 6.02. The summed E-state index contributed by atoms with van der Waals surface area (Å²) in [6.45, 7) is 3.83. The zero-order valence-electron chi connectivity index (χ0n) is 14.0. The van der Waals surface area contributed by atoms with Crippen molar-refractivity contribution < 1.29 is 4.79 Å². The van der Waals surface area contributed by atoms with Crippen molar-refractivity contribution in [1.82, 2.24) is 25.0 Å². The number of amides is 1. The lowest BCUT2D eigenvalue weighted by Gasteiger charge is -2.40. The molecule has 2 fully saturated rings. The summed E-state index contributed by atoms with van der Waals surface area (Å²) in [5.74, 6) is 0.733. The van der Waals surface area contributed by atoms with E-state index in [4.69, 9.17) is 0 Å². The van der Waals surface area contributed by atoms with Crippen molar-refractivity contribution in [2.24, 2.45) is 5.92 Å². The zero-order chi connectivity index (χ0) is 15.9. The molecule has 1 aromatic rings. The van der Waals surface area contributed by atoms with Crippen molar-refractivity contribution in [2.45, 2.75) is 64.0 Å². The molecule has 1 saturated heterocycles. The van der Waals surface area contributed by atoms with Crippen molar-refractivity contribution in [2.75, 3.05) is 19.6 Å². The molecule has 1 saturated carbocycles. The van der Waals surface area contributed by atoms with E-state index in [0.717, 1.165) is 19.1 Å². The quantitative estimate of drug-likeness (QED) is 0.869. The molecule has 1 aliphatic carbocycles. The number of carbonyl (C=O) groups excluding carboxylic acids is 1. The fourth-order valence-electron chi connectivity index (χ4n) is 3.95. The van der Waals surface area contributed by atoms with Crippen LogP contribution in [-0.2, 0) is 11.3 Å². The van der Waals surface area contributed by atoms with Gasteiger partial charge in [0.1, 0.15) is 12.7 Å². The molecule has 0 aromatic carbocycles. The predicted octanol–water partition coefficient (Wildman–Crippen LogP) is 1.83. The average Bonchev–Trinajstić information content (AvgIpc) is 3.13. The Hall–Kier alpha value is -1.43. The number of rotatable bonds is 6. The molecular weight excluding hydrogens is 290 g/mol. The van der Waals surface area contributed by atoms with E-state index in [1.807, 2.05) is 0 Å². The molecule has 3 rings (SSSR count). The van der Waals surface area contributed by atoms with Crippen LogP contribution in [0.15, 0.2) is 12.7 Å². The van der Waals surface area contributed by atoms with E-state index >= 15 is 0 Å². The van der Waals surface area contributed by atoms with E-state index in [2.05, 4.69) is 20.3 Å². The van der Waals surface area contributed by atoms with Crippen LogP contribution < -0.4 is 5.32 Å². The van der Waals surface area contributed by atoms with Gasteiger partial charge in [-0.15, -0.1) is 0 Å². The van der Waals surface area contributed by atoms with Gasteiger partial charge in [0, 0.05) is 25.6 Å². The lowest BCUT2D eigenvalue weighted by Crippen LogP contribution is -2.46. The molecule has 6 heteroatoms. The van der Waals surface area contributed by atoms with E-state index in [1.54, 1.807) is 11.0 Å². The van der Waals surface area contributed by atoms with Crippen molar-refractivity contribution >= 4 is 5.91 Å². The monoisotopic (exact) mass is 319 g/mol. The Morgan fingerprint density at radius 3 is 2.83 bits per heavy atom. The minimum atomic E-state index is 0.121. The predicted molar refractivity (Wildman–Crippen MR) is 88.8 cm³/mol. The molecule has 1 amide bonds. The lowest BCUT2D eigenvalue weighted by molar-refractivity contribution is -0.121. The van der Waals surface area contributed by atoms with Crippen LogP contribution in [0.5, 0.6) is 0 Å². The standard InChI is InChI=1S/C17H29N5O/c23-17(8-10-22-14-18-13-20-22)19-11-15-5-4-9-21(12-15)16-6-2-1-3-7-16/h13-16H,1-12H2,(H,19,23)/t15-/m1/s1. The van der Waals surface area contributed by atoms with E-state index in [0.29, 0.717) is 18.9 Å². The van der Waals surface area contributed by atoms with Crippen LogP contribution in [0.1, 0.15) is 51.4 Å². The van der Waals surface area contributed by atoms with Crippen molar-refractivity contribution in [3.05, 3.63) is 12.7 Å². The summed E-state index contributed by atoms with van der Waals surface area (Å²) in [5.41, 5.74) is 0. The molecule has 1 atom stereocenters. The molecule has 1 N–H and O–H groups in total. The highest BCUT2D eigenvalue weighted by Crippen LogP contribution is 2.26. The van der Waals surface area contributed by atoms with E-state index in [9.17, 15) is 4.79 Å². The maximum absolute atomic E-state index is 12.0. The second-order valence-electron chi connectivity index (χ2n) is 7.01. The second kappa shape index (κ2) is 8.43. The van der Waals surface area contributed by atoms with Gasteiger partial charge in [0.15, 0.2) is 0 Å². The molecule has 1 aromatic heterocycles. The molecule has 128 valence electrons. The number of aryl methyl sites for hydroxylation is 1. The smallest absolute Gasteiger partial charge is 0.221 e. The molecule has 0 radical (unpaired) electrons. The number of nitrogens with zero attached hydrogens (tertiary/aromatic N) is 4. The van der Waals surface area contributed by atoms with Crippen molar-refractivity contribution in [3.63, 3.8) is 0 Å². The Bertz CT molecular complexity index is 469. The van der Waals surface area contributed by atoms with Gasteiger partial charge in [0.25, 0.3) is 0 Å². The summed E-state index contributed by atoms with van der Waals surface area (Å²) in [6.07, 6.45) is 13.1. The Morgan fingerprint density at radius 2 is 2.04 bits per heavy atom. The average molecular weight is 319 g/mol. The normalized spacial score (nSPS) is 23.7. The maximum atomic E-state index is 12.0. The van der Waals surface area contributed by atoms with Crippen molar-refractivity contribution in [1.29, 1.82) is 0 Å². The van der Waals surface area contributed by atoms with Gasteiger partial charge >= 0.3 is 0 Å². The topological polar surface area (TPSA) is 63.1 Å². The first-order valence-electron chi connectivity index (χ1n) is 9.14. The zero-order valence-corrected chi connectivity index (χ0v) is 14.0. The van der Waals surface area contributed by atoms with Gasteiger partial charge in [0.2, 0.25) is 5.91 Å². The number of likely N-dealkylation sites (tertiary alicyclic amines) is 1. The fraction of sp³-hybridized carbons (Fsp3) is 0.824. The number of hydrogen-bond donors (Lipinski definition) is 1. The minimum absolute atomic E-state index is 0.121. The first kappa shape index (κ1) is 16.4. The molecule has 2 aliphatic rings. The summed E-state index contributed by atoms with van der Waals surface area (Å²) < 4.78 is 1.70. The highest BCUT2D eigenvalue weighted by Gasteiger charge is 2.26. The molecule has 0 unspecified atom stereocenters. The fourth-order valence-corrected chi connectivity index (χ4v) is 3.95. The Morgan fingerprint density at radius 1 is 1.17 bits per heavy atom. The second-order valence-corrected chi connectivity index (χ2v) is 7.01. The van der Waals surface area contributed by atoms with E-state index in [1.165, 1.54) is 57.8 Å². The van der Waals surface area contributed by atoms with E-state index < -0.39 is 0 Å². The van der Waals surface area contributed by atoms with Gasteiger partial charge in [-0.2, -0.15) is 5.10 Å². The van der Waals surface area contributed by atoms with Gasteiger partial charge in [-0.1, -0.05) is 19.3 Å². The molecule has 2 heterocycles. The summed E-state index contributed by atoms with van der Waals surface area (Å²) in [5, 5.41) is 7.13. The van der Waals surface area contributed by atoms with Crippen LogP contribution in [0.25, 0.3) is 0 Å². The SMILES string of the molecule is O=C(CCn1cncn1)NC[C@H]1CCCN(C2CCCCC2)C1. The van der Waals surface area contributed by atoms with Gasteiger partial charge < -0.3 is 10.2 Å². The maximum Gasteiger partial charge on any atom is 0.221 e. The van der Waals surface area contributed by atoms with Crippen LogP contribution in [0, 0.1) is 5.92 Å². The van der Waals surface area contributed by atoms with E-state index in [-0.39, 0.29) is 5.91 Å². The third kappa shape index (κ3) is 5.03. The number of piperidine rings is 1.